The fourth-order valence-electron chi connectivity index (χ4n) is 3.51. The lowest BCUT2D eigenvalue weighted by Gasteiger charge is -2.36. The lowest BCUT2D eigenvalue weighted by atomic mass is 9.96. The first-order valence-corrected chi connectivity index (χ1v) is 10.2. The summed E-state index contributed by atoms with van der Waals surface area (Å²) in [7, 11) is 0. The second-order valence-electron chi connectivity index (χ2n) is 6.85. The lowest BCUT2D eigenvalue weighted by molar-refractivity contribution is 0.0945. The largest absolute Gasteiger partial charge is 0.350 e. The van der Waals surface area contributed by atoms with Crippen LogP contribution in [0.1, 0.15) is 41.8 Å². The Labute approximate surface area is 153 Å². The maximum absolute atomic E-state index is 12.3. The summed E-state index contributed by atoms with van der Waals surface area (Å²) in [5, 5.41) is 8.06. The Morgan fingerprint density at radius 3 is 2.56 bits per heavy atom. The average Bonchev–Trinajstić information content (AvgIpc) is 3.18. The Bertz CT molecular complexity index is 549. The quantitative estimate of drug-likeness (QED) is 0.841. The van der Waals surface area contributed by atoms with Gasteiger partial charge >= 0.3 is 6.03 Å². The topological polar surface area (TPSA) is 64.7 Å². The lowest BCUT2D eigenvalue weighted by Crippen LogP contribution is -2.54. The molecule has 0 atom stereocenters. The molecule has 0 spiro atoms. The van der Waals surface area contributed by atoms with Crippen LogP contribution in [0.3, 0.4) is 0 Å². The molecule has 1 aliphatic heterocycles. The van der Waals surface area contributed by atoms with E-state index >= 15 is 0 Å². The minimum absolute atomic E-state index is 0.000459. The fraction of sp³-hybridized carbons (Fsp3) is 0.667. The standard InChI is InChI=1S/C18H28N4O2S/c23-17(16-7-4-14-25-16)19-8-9-21-10-12-22(13-11-21)18(24)20-15-5-2-1-3-6-15/h4,7,14-15H,1-3,5-6,8-13H2,(H,19,23)(H,20,24). The van der Waals surface area contributed by atoms with Crippen molar-refractivity contribution >= 4 is 23.3 Å². The van der Waals surface area contributed by atoms with Crippen molar-refractivity contribution in [1.82, 2.24) is 20.4 Å². The van der Waals surface area contributed by atoms with E-state index in [2.05, 4.69) is 15.5 Å². The highest BCUT2D eigenvalue weighted by atomic mass is 32.1. The first kappa shape index (κ1) is 18.2. The van der Waals surface area contributed by atoms with Gasteiger partial charge in [0.15, 0.2) is 0 Å². The molecule has 3 amide bonds. The zero-order chi connectivity index (χ0) is 17.5. The summed E-state index contributed by atoms with van der Waals surface area (Å²) in [6, 6.07) is 4.19. The first-order valence-electron chi connectivity index (χ1n) is 9.32. The molecule has 1 aliphatic carbocycles. The third-order valence-corrected chi connectivity index (χ3v) is 5.92. The van der Waals surface area contributed by atoms with Crippen LogP contribution in [0.5, 0.6) is 0 Å². The van der Waals surface area contributed by atoms with Crippen LogP contribution in [0.2, 0.25) is 0 Å². The highest BCUT2D eigenvalue weighted by Crippen LogP contribution is 2.17. The molecule has 6 nitrogen and oxygen atoms in total. The van der Waals surface area contributed by atoms with Gasteiger partial charge in [-0.05, 0) is 24.3 Å². The molecule has 3 rings (SSSR count). The van der Waals surface area contributed by atoms with Crippen LogP contribution < -0.4 is 10.6 Å². The van der Waals surface area contributed by atoms with Gasteiger partial charge in [-0.3, -0.25) is 9.69 Å². The Morgan fingerprint density at radius 1 is 1.12 bits per heavy atom. The van der Waals surface area contributed by atoms with Gasteiger partial charge in [-0.1, -0.05) is 25.3 Å². The number of nitrogens with one attached hydrogen (secondary N) is 2. The Morgan fingerprint density at radius 2 is 1.88 bits per heavy atom. The number of piperazine rings is 1. The summed E-state index contributed by atoms with van der Waals surface area (Å²) in [6.07, 6.45) is 6.01. The van der Waals surface area contributed by atoms with Gasteiger partial charge in [-0.2, -0.15) is 0 Å². The van der Waals surface area contributed by atoms with Crippen molar-refractivity contribution in [3.63, 3.8) is 0 Å². The van der Waals surface area contributed by atoms with Crippen molar-refractivity contribution in [2.75, 3.05) is 39.3 Å². The van der Waals surface area contributed by atoms with E-state index in [0.717, 1.165) is 50.4 Å². The van der Waals surface area contributed by atoms with Gasteiger partial charge in [0, 0.05) is 45.3 Å². The summed E-state index contributed by atoms with van der Waals surface area (Å²) in [6.45, 7) is 4.73. The molecular formula is C18H28N4O2S. The SMILES string of the molecule is O=C(NCCN1CCN(C(=O)NC2CCCCC2)CC1)c1cccs1. The van der Waals surface area contributed by atoms with Crippen molar-refractivity contribution in [1.29, 1.82) is 0 Å². The average molecular weight is 365 g/mol. The monoisotopic (exact) mass is 364 g/mol. The van der Waals surface area contributed by atoms with Gasteiger partial charge in [0.2, 0.25) is 0 Å². The zero-order valence-corrected chi connectivity index (χ0v) is 15.5. The summed E-state index contributed by atoms with van der Waals surface area (Å²) >= 11 is 1.46. The Hall–Kier alpha value is -1.60. The highest BCUT2D eigenvalue weighted by Gasteiger charge is 2.23. The van der Waals surface area contributed by atoms with Crippen LogP contribution >= 0.6 is 11.3 Å². The Balaban J connectivity index is 1.31. The summed E-state index contributed by atoms with van der Waals surface area (Å²) < 4.78 is 0. The molecule has 0 unspecified atom stereocenters. The van der Waals surface area contributed by atoms with Crippen molar-refractivity contribution in [2.24, 2.45) is 0 Å². The molecule has 2 aliphatic rings. The van der Waals surface area contributed by atoms with E-state index in [0.29, 0.717) is 12.6 Å². The van der Waals surface area contributed by atoms with Crippen molar-refractivity contribution in [3.8, 4) is 0 Å². The van der Waals surface area contributed by atoms with E-state index in [4.69, 9.17) is 0 Å². The molecule has 0 aromatic carbocycles. The molecule has 138 valence electrons. The van der Waals surface area contributed by atoms with Gasteiger partial charge < -0.3 is 15.5 Å². The highest BCUT2D eigenvalue weighted by molar-refractivity contribution is 7.12. The number of carbonyl (C=O) groups excluding carboxylic acids is 2. The van der Waals surface area contributed by atoms with Crippen molar-refractivity contribution in [2.45, 2.75) is 38.1 Å². The Kier molecular flexibility index (Phi) is 6.69. The van der Waals surface area contributed by atoms with Crippen LogP contribution in [-0.2, 0) is 0 Å². The predicted octanol–water partition coefficient (Wildman–Crippen LogP) is 2.14. The number of urea groups is 1. The minimum atomic E-state index is 0.000459. The van der Waals surface area contributed by atoms with E-state index in [9.17, 15) is 9.59 Å². The van der Waals surface area contributed by atoms with E-state index in [1.165, 1.54) is 30.6 Å². The third-order valence-electron chi connectivity index (χ3n) is 5.05. The number of hydrogen-bond acceptors (Lipinski definition) is 4. The van der Waals surface area contributed by atoms with Gasteiger partial charge in [0.05, 0.1) is 4.88 Å². The zero-order valence-electron chi connectivity index (χ0n) is 14.7. The van der Waals surface area contributed by atoms with Crippen LogP contribution in [0, 0.1) is 0 Å². The first-order chi connectivity index (χ1) is 12.2. The molecule has 1 saturated heterocycles. The second-order valence-corrected chi connectivity index (χ2v) is 7.79. The number of amides is 3. The summed E-state index contributed by atoms with van der Waals surface area (Å²) in [5.41, 5.74) is 0. The maximum Gasteiger partial charge on any atom is 0.317 e. The van der Waals surface area contributed by atoms with E-state index in [1.807, 2.05) is 22.4 Å². The second kappa shape index (κ2) is 9.20. The van der Waals surface area contributed by atoms with Gasteiger partial charge in [0.25, 0.3) is 5.91 Å². The number of nitrogens with zero attached hydrogens (tertiary/aromatic N) is 2. The normalized spacial score (nSPS) is 19.6. The molecule has 1 aromatic heterocycles. The smallest absolute Gasteiger partial charge is 0.317 e. The van der Waals surface area contributed by atoms with Gasteiger partial charge in [-0.25, -0.2) is 4.79 Å². The molecule has 1 saturated carbocycles. The van der Waals surface area contributed by atoms with Crippen LogP contribution in [0.15, 0.2) is 17.5 Å². The maximum atomic E-state index is 12.3. The van der Waals surface area contributed by atoms with E-state index < -0.39 is 0 Å². The van der Waals surface area contributed by atoms with E-state index in [1.54, 1.807) is 0 Å². The van der Waals surface area contributed by atoms with Gasteiger partial charge in [0.1, 0.15) is 0 Å². The van der Waals surface area contributed by atoms with Crippen molar-refractivity contribution < 1.29 is 9.59 Å². The third kappa shape index (κ3) is 5.44. The number of hydrogen-bond donors (Lipinski definition) is 2. The number of rotatable bonds is 5. The van der Waals surface area contributed by atoms with Crippen LogP contribution in [0.25, 0.3) is 0 Å². The molecule has 0 radical (unpaired) electrons. The molecule has 7 heteroatoms. The van der Waals surface area contributed by atoms with Crippen LogP contribution in [-0.4, -0.2) is 67.0 Å². The van der Waals surface area contributed by atoms with Crippen molar-refractivity contribution in [3.05, 3.63) is 22.4 Å². The summed E-state index contributed by atoms with van der Waals surface area (Å²) in [4.78, 5) is 29.2. The predicted molar refractivity (Wildman–Crippen MR) is 100 cm³/mol. The molecule has 25 heavy (non-hydrogen) atoms. The fourth-order valence-corrected chi connectivity index (χ4v) is 4.15. The molecular weight excluding hydrogens is 336 g/mol. The van der Waals surface area contributed by atoms with Gasteiger partial charge in [-0.15, -0.1) is 11.3 Å². The molecule has 1 aromatic rings. The van der Waals surface area contributed by atoms with E-state index in [-0.39, 0.29) is 11.9 Å². The molecule has 2 fully saturated rings. The molecule has 2 N–H and O–H groups in total. The number of carbonyl (C=O) groups is 2. The van der Waals surface area contributed by atoms with Crippen LogP contribution in [0.4, 0.5) is 4.79 Å². The number of thiophene rings is 1. The summed E-state index contributed by atoms with van der Waals surface area (Å²) in [5.74, 6) is 0.000459. The molecule has 0 bridgehead atoms. The molecule has 2 heterocycles. The minimum Gasteiger partial charge on any atom is -0.350 e.